The Kier molecular flexibility index (Phi) is 4.23. The topological polar surface area (TPSA) is 62.5 Å². The first-order valence-corrected chi connectivity index (χ1v) is 10.1. The van der Waals surface area contributed by atoms with Gasteiger partial charge in [0.1, 0.15) is 0 Å². The summed E-state index contributed by atoms with van der Waals surface area (Å²) in [5.41, 5.74) is 4.23. The first-order chi connectivity index (χ1) is 13.2. The van der Waals surface area contributed by atoms with Gasteiger partial charge in [-0.3, -0.25) is 14.7 Å². The molecule has 2 aromatic heterocycles. The lowest BCUT2D eigenvalue weighted by Crippen LogP contribution is -2.37. The fourth-order valence-corrected chi connectivity index (χ4v) is 5.01. The van der Waals surface area contributed by atoms with Gasteiger partial charge in [-0.05, 0) is 63.6 Å². The molecule has 0 aromatic carbocycles. The second-order valence-electron chi connectivity index (χ2n) is 8.21. The molecule has 0 N–H and O–H groups in total. The summed E-state index contributed by atoms with van der Waals surface area (Å²) in [5, 5.41) is 4.16. The van der Waals surface area contributed by atoms with E-state index in [9.17, 15) is 4.79 Å². The van der Waals surface area contributed by atoms with Crippen molar-refractivity contribution in [3.05, 3.63) is 46.6 Å². The number of amides is 1. The van der Waals surface area contributed by atoms with Gasteiger partial charge in [0.05, 0.1) is 11.4 Å². The maximum Gasteiger partial charge on any atom is 0.292 e. The van der Waals surface area contributed by atoms with Crippen LogP contribution < -0.4 is 0 Å². The highest BCUT2D eigenvalue weighted by Crippen LogP contribution is 2.34. The number of hydrogen-bond donors (Lipinski definition) is 0. The fourth-order valence-electron chi connectivity index (χ4n) is 5.01. The van der Waals surface area contributed by atoms with Gasteiger partial charge in [-0.25, -0.2) is 0 Å². The van der Waals surface area contributed by atoms with E-state index in [1.54, 1.807) is 0 Å². The smallest absolute Gasteiger partial charge is 0.292 e. The summed E-state index contributed by atoms with van der Waals surface area (Å²) in [6.45, 7) is 5.60. The van der Waals surface area contributed by atoms with Crippen LogP contribution in [0.1, 0.15) is 52.5 Å². The standard InChI is InChI=1S/C21H26N4O2/c1-14-5-4-6-16(22-14)12-24-10-9-15-11-25(13-19(15)24)21(26)20-17-7-2-3-8-18(17)23-27-20/h4-6,15,19H,2-3,7-13H2,1H3/t15-,19+/m1/s1. The predicted octanol–water partition coefficient (Wildman–Crippen LogP) is 2.60. The lowest BCUT2D eigenvalue weighted by atomic mass is 9.96. The number of likely N-dealkylation sites (tertiary alicyclic amines) is 2. The Labute approximate surface area is 159 Å². The molecule has 6 nitrogen and oxygen atoms in total. The Morgan fingerprint density at radius 1 is 1.26 bits per heavy atom. The van der Waals surface area contributed by atoms with Gasteiger partial charge in [-0.2, -0.15) is 0 Å². The second-order valence-corrected chi connectivity index (χ2v) is 8.21. The average molecular weight is 366 g/mol. The zero-order valence-electron chi connectivity index (χ0n) is 15.9. The van der Waals surface area contributed by atoms with Crippen LogP contribution in [-0.4, -0.2) is 51.5 Å². The molecule has 0 unspecified atom stereocenters. The van der Waals surface area contributed by atoms with E-state index >= 15 is 0 Å². The lowest BCUT2D eigenvalue weighted by Gasteiger charge is -2.24. The third-order valence-corrected chi connectivity index (χ3v) is 6.42. The molecule has 0 spiro atoms. The molecule has 2 fully saturated rings. The summed E-state index contributed by atoms with van der Waals surface area (Å²) in [6.07, 6.45) is 5.27. The minimum Gasteiger partial charge on any atom is -0.350 e. The molecular formula is C21H26N4O2. The zero-order chi connectivity index (χ0) is 18.4. The summed E-state index contributed by atoms with van der Waals surface area (Å²) in [4.78, 5) is 22.2. The van der Waals surface area contributed by atoms with Gasteiger partial charge >= 0.3 is 0 Å². The van der Waals surface area contributed by atoms with Crippen molar-refractivity contribution in [1.29, 1.82) is 0 Å². The van der Waals surface area contributed by atoms with E-state index in [1.165, 1.54) is 0 Å². The van der Waals surface area contributed by atoms with Crippen LogP contribution in [0.3, 0.4) is 0 Å². The third kappa shape index (κ3) is 3.06. The number of hydrogen-bond acceptors (Lipinski definition) is 5. The Morgan fingerprint density at radius 3 is 3.04 bits per heavy atom. The molecule has 6 heteroatoms. The van der Waals surface area contributed by atoms with Crippen molar-refractivity contribution in [3.63, 3.8) is 0 Å². The van der Waals surface area contributed by atoms with E-state index in [4.69, 9.17) is 4.52 Å². The number of aryl methyl sites for hydroxylation is 2. The Hall–Kier alpha value is -2.21. The van der Waals surface area contributed by atoms with Crippen LogP contribution in [0.4, 0.5) is 0 Å². The van der Waals surface area contributed by atoms with Crippen molar-refractivity contribution in [2.75, 3.05) is 19.6 Å². The Morgan fingerprint density at radius 2 is 2.15 bits per heavy atom. The predicted molar refractivity (Wildman–Crippen MR) is 100 cm³/mol. The van der Waals surface area contributed by atoms with E-state index in [0.29, 0.717) is 17.7 Å². The van der Waals surface area contributed by atoms with Crippen LogP contribution in [0.2, 0.25) is 0 Å². The summed E-state index contributed by atoms with van der Waals surface area (Å²) in [6, 6.07) is 6.63. The van der Waals surface area contributed by atoms with Gasteiger partial charge in [0.25, 0.3) is 5.91 Å². The first kappa shape index (κ1) is 16.9. The monoisotopic (exact) mass is 366 g/mol. The summed E-state index contributed by atoms with van der Waals surface area (Å²) < 4.78 is 5.48. The second kappa shape index (κ2) is 6.75. The number of pyridine rings is 1. The van der Waals surface area contributed by atoms with Crippen molar-refractivity contribution in [2.24, 2.45) is 5.92 Å². The molecule has 1 amide bonds. The maximum absolute atomic E-state index is 13.1. The van der Waals surface area contributed by atoms with Crippen molar-refractivity contribution in [1.82, 2.24) is 19.9 Å². The van der Waals surface area contributed by atoms with Crippen LogP contribution >= 0.6 is 0 Å². The van der Waals surface area contributed by atoms with Gasteiger partial charge in [0.2, 0.25) is 5.76 Å². The van der Waals surface area contributed by atoms with Crippen LogP contribution in [0.5, 0.6) is 0 Å². The number of carbonyl (C=O) groups is 1. The molecule has 27 heavy (non-hydrogen) atoms. The van der Waals surface area contributed by atoms with E-state index in [0.717, 1.165) is 80.9 Å². The van der Waals surface area contributed by atoms with E-state index in [2.05, 4.69) is 27.2 Å². The zero-order valence-corrected chi connectivity index (χ0v) is 15.9. The van der Waals surface area contributed by atoms with Crippen molar-refractivity contribution in [3.8, 4) is 0 Å². The van der Waals surface area contributed by atoms with Crippen LogP contribution in [0.15, 0.2) is 22.7 Å². The highest BCUT2D eigenvalue weighted by atomic mass is 16.5. The van der Waals surface area contributed by atoms with Crippen molar-refractivity contribution < 1.29 is 9.32 Å². The Balaban J connectivity index is 1.29. The molecular weight excluding hydrogens is 340 g/mol. The minimum absolute atomic E-state index is 0.0358. The number of fused-ring (bicyclic) bond motifs is 2. The molecule has 5 rings (SSSR count). The van der Waals surface area contributed by atoms with Crippen LogP contribution in [0.25, 0.3) is 0 Å². The molecule has 2 atom stereocenters. The largest absolute Gasteiger partial charge is 0.350 e. The van der Waals surface area contributed by atoms with Gasteiger partial charge in [0.15, 0.2) is 0 Å². The molecule has 0 saturated carbocycles. The highest BCUT2D eigenvalue weighted by molar-refractivity contribution is 5.93. The molecule has 0 bridgehead atoms. The number of nitrogens with zero attached hydrogens (tertiary/aromatic N) is 4. The first-order valence-electron chi connectivity index (χ1n) is 10.1. The van der Waals surface area contributed by atoms with Gasteiger partial charge in [-0.15, -0.1) is 0 Å². The summed E-state index contributed by atoms with van der Waals surface area (Å²) in [5.74, 6) is 1.09. The Bertz CT molecular complexity index is 862. The summed E-state index contributed by atoms with van der Waals surface area (Å²) in [7, 11) is 0. The molecule has 142 valence electrons. The quantitative estimate of drug-likeness (QED) is 0.836. The minimum atomic E-state index is 0.0358. The highest BCUT2D eigenvalue weighted by Gasteiger charge is 2.44. The van der Waals surface area contributed by atoms with Gasteiger partial charge in [0, 0.05) is 36.9 Å². The fraction of sp³-hybridized carbons (Fsp3) is 0.571. The van der Waals surface area contributed by atoms with E-state index in [1.807, 2.05) is 17.9 Å². The van der Waals surface area contributed by atoms with E-state index < -0.39 is 0 Å². The molecule has 0 radical (unpaired) electrons. The van der Waals surface area contributed by atoms with Crippen LogP contribution in [-0.2, 0) is 19.4 Å². The molecule has 2 aliphatic heterocycles. The molecule has 4 heterocycles. The molecule has 1 aliphatic carbocycles. The van der Waals surface area contributed by atoms with E-state index in [-0.39, 0.29) is 5.91 Å². The average Bonchev–Trinajstić information content (AvgIpc) is 3.36. The normalized spacial score (nSPS) is 24.9. The third-order valence-electron chi connectivity index (χ3n) is 6.42. The SMILES string of the molecule is Cc1cccc(CN2CC[C@@H]3CN(C(=O)c4onc5c4CCCC5)C[C@@H]32)n1. The number of carbonyl (C=O) groups excluding carboxylic acids is 1. The van der Waals surface area contributed by atoms with Crippen LogP contribution in [0, 0.1) is 12.8 Å². The number of aromatic nitrogens is 2. The maximum atomic E-state index is 13.1. The van der Waals surface area contributed by atoms with Gasteiger partial charge in [-0.1, -0.05) is 11.2 Å². The summed E-state index contributed by atoms with van der Waals surface area (Å²) >= 11 is 0. The molecule has 2 aromatic rings. The van der Waals surface area contributed by atoms with Gasteiger partial charge < -0.3 is 9.42 Å². The molecule has 2 saturated heterocycles. The lowest BCUT2D eigenvalue weighted by molar-refractivity contribution is 0.0727. The van der Waals surface area contributed by atoms with Crippen molar-refractivity contribution >= 4 is 5.91 Å². The number of rotatable bonds is 3. The molecule has 3 aliphatic rings. The van der Waals surface area contributed by atoms with Crippen molar-refractivity contribution in [2.45, 2.75) is 51.6 Å².